The lowest BCUT2D eigenvalue weighted by Gasteiger charge is -2.29. The summed E-state index contributed by atoms with van der Waals surface area (Å²) in [7, 11) is -3.54. The predicted molar refractivity (Wildman–Crippen MR) is 100 cm³/mol. The fraction of sp³-hybridized carbons (Fsp3) is 0.389. The molecule has 0 aliphatic carbocycles. The van der Waals surface area contributed by atoms with Gasteiger partial charge >= 0.3 is 10.1 Å². The van der Waals surface area contributed by atoms with Gasteiger partial charge in [0, 0.05) is 17.5 Å². The molecule has 0 bridgehead atoms. The van der Waals surface area contributed by atoms with Gasteiger partial charge in [0.05, 0.1) is 12.7 Å². The molecule has 1 heterocycles. The highest BCUT2D eigenvalue weighted by molar-refractivity contribution is 7.86. The summed E-state index contributed by atoms with van der Waals surface area (Å²) in [6.45, 7) is 4.57. The normalized spacial score (nSPS) is 12.6. The number of nitrogens with zero attached hydrogens (tertiary/aromatic N) is 1. The lowest BCUT2D eigenvalue weighted by Crippen LogP contribution is -2.38. The van der Waals surface area contributed by atoms with Gasteiger partial charge in [0.2, 0.25) is 5.91 Å². The van der Waals surface area contributed by atoms with Gasteiger partial charge in [0.1, 0.15) is 5.75 Å². The average Bonchev–Trinajstić information content (AvgIpc) is 3.04. The molecule has 0 radical (unpaired) electrons. The SMILES string of the molecule is CCC(C)N(Cc1ccc(OS(C)(=O)=O)cc1)C(=O)Cc1cccs1. The third-order valence-corrected chi connectivity index (χ3v) is 5.24. The van der Waals surface area contributed by atoms with Crippen molar-refractivity contribution in [3.05, 3.63) is 52.2 Å². The van der Waals surface area contributed by atoms with Crippen molar-refractivity contribution in [2.45, 2.75) is 39.3 Å². The van der Waals surface area contributed by atoms with E-state index in [0.717, 1.165) is 23.1 Å². The summed E-state index contributed by atoms with van der Waals surface area (Å²) in [5, 5.41) is 1.97. The minimum Gasteiger partial charge on any atom is -0.383 e. The number of carbonyl (C=O) groups is 1. The Balaban J connectivity index is 2.09. The van der Waals surface area contributed by atoms with Crippen molar-refractivity contribution in [2.24, 2.45) is 0 Å². The maximum absolute atomic E-state index is 12.7. The van der Waals surface area contributed by atoms with E-state index in [-0.39, 0.29) is 17.7 Å². The Bertz CT molecular complexity index is 783. The number of hydrogen-bond acceptors (Lipinski definition) is 5. The van der Waals surface area contributed by atoms with Gasteiger partial charge in [-0.05, 0) is 42.5 Å². The van der Waals surface area contributed by atoms with E-state index < -0.39 is 10.1 Å². The van der Waals surface area contributed by atoms with Crippen LogP contribution in [0.15, 0.2) is 41.8 Å². The molecular weight excluding hydrogens is 358 g/mol. The monoisotopic (exact) mass is 381 g/mol. The van der Waals surface area contributed by atoms with E-state index in [1.165, 1.54) is 0 Å². The summed E-state index contributed by atoms with van der Waals surface area (Å²) in [5.74, 6) is 0.361. The fourth-order valence-electron chi connectivity index (χ4n) is 2.40. The van der Waals surface area contributed by atoms with Crippen molar-refractivity contribution in [3.63, 3.8) is 0 Å². The van der Waals surface area contributed by atoms with Crippen molar-refractivity contribution in [3.8, 4) is 5.75 Å². The van der Waals surface area contributed by atoms with Gasteiger partial charge in [-0.15, -0.1) is 11.3 Å². The Hall–Kier alpha value is -1.86. The van der Waals surface area contributed by atoms with Crippen LogP contribution in [0.5, 0.6) is 5.75 Å². The molecule has 136 valence electrons. The molecule has 1 aromatic heterocycles. The summed E-state index contributed by atoms with van der Waals surface area (Å²) >= 11 is 1.58. The van der Waals surface area contributed by atoms with Gasteiger partial charge in [0.15, 0.2) is 0 Å². The Morgan fingerprint density at radius 3 is 2.44 bits per heavy atom. The van der Waals surface area contributed by atoms with Crippen molar-refractivity contribution in [1.82, 2.24) is 4.90 Å². The Labute approximate surface area is 153 Å². The van der Waals surface area contributed by atoms with Gasteiger partial charge < -0.3 is 9.08 Å². The van der Waals surface area contributed by atoms with E-state index in [1.807, 2.05) is 29.3 Å². The quantitative estimate of drug-likeness (QED) is 0.657. The van der Waals surface area contributed by atoms with Crippen LogP contribution in [0.1, 0.15) is 30.7 Å². The van der Waals surface area contributed by atoms with E-state index >= 15 is 0 Å². The zero-order valence-electron chi connectivity index (χ0n) is 14.6. The summed E-state index contributed by atoms with van der Waals surface area (Å²) in [4.78, 5) is 15.6. The van der Waals surface area contributed by atoms with Crippen LogP contribution in [0.25, 0.3) is 0 Å². The fourth-order valence-corrected chi connectivity index (χ4v) is 3.55. The van der Waals surface area contributed by atoms with Crippen molar-refractivity contribution in [2.75, 3.05) is 6.26 Å². The lowest BCUT2D eigenvalue weighted by molar-refractivity contribution is -0.133. The number of hydrogen-bond donors (Lipinski definition) is 0. The smallest absolute Gasteiger partial charge is 0.306 e. The molecule has 0 spiro atoms. The number of rotatable bonds is 8. The highest BCUT2D eigenvalue weighted by Gasteiger charge is 2.20. The minimum absolute atomic E-state index is 0.0910. The molecule has 0 N–H and O–H groups in total. The largest absolute Gasteiger partial charge is 0.383 e. The Morgan fingerprint density at radius 2 is 1.92 bits per heavy atom. The van der Waals surface area contributed by atoms with E-state index in [0.29, 0.717) is 13.0 Å². The van der Waals surface area contributed by atoms with Crippen LogP contribution in [0.4, 0.5) is 0 Å². The van der Waals surface area contributed by atoms with Crippen LogP contribution in [-0.2, 0) is 27.9 Å². The molecule has 0 saturated heterocycles. The first-order valence-electron chi connectivity index (χ1n) is 8.08. The molecule has 1 unspecified atom stereocenters. The number of thiophene rings is 1. The van der Waals surface area contributed by atoms with Gasteiger partial charge in [-0.1, -0.05) is 25.1 Å². The molecule has 0 aliphatic heterocycles. The highest BCUT2D eigenvalue weighted by atomic mass is 32.2. The molecular formula is C18H23NO4S2. The minimum atomic E-state index is -3.54. The lowest BCUT2D eigenvalue weighted by atomic mass is 10.1. The second-order valence-corrected chi connectivity index (χ2v) is 8.57. The van der Waals surface area contributed by atoms with Crippen LogP contribution in [-0.4, -0.2) is 31.5 Å². The average molecular weight is 382 g/mol. The molecule has 1 amide bonds. The van der Waals surface area contributed by atoms with Crippen molar-refractivity contribution >= 4 is 27.4 Å². The Morgan fingerprint density at radius 1 is 1.24 bits per heavy atom. The zero-order valence-corrected chi connectivity index (χ0v) is 16.3. The van der Waals surface area contributed by atoms with Gasteiger partial charge in [-0.25, -0.2) is 0 Å². The summed E-state index contributed by atoms with van der Waals surface area (Å²) in [5.41, 5.74) is 0.931. The first kappa shape index (κ1) is 19.5. The zero-order chi connectivity index (χ0) is 18.4. The number of carbonyl (C=O) groups excluding carboxylic acids is 1. The van der Waals surface area contributed by atoms with Crippen LogP contribution in [0, 0.1) is 0 Å². The number of amides is 1. The summed E-state index contributed by atoms with van der Waals surface area (Å²) in [6, 6.07) is 10.8. The first-order chi connectivity index (χ1) is 11.8. The van der Waals surface area contributed by atoms with Crippen LogP contribution in [0.3, 0.4) is 0 Å². The van der Waals surface area contributed by atoms with Crippen LogP contribution < -0.4 is 4.18 Å². The topological polar surface area (TPSA) is 63.7 Å². The first-order valence-corrected chi connectivity index (χ1v) is 10.8. The highest BCUT2D eigenvalue weighted by Crippen LogP contribution is 2.19. The molecule has 7 heteroatoms. The van der Waals surface area contributed by atoms with Gasteiger partial charge in [-0.3, -0.25) is 4.79 Å². The van der Waals surface area contributed by atoms with E-state index in [4.69, 9.17) is 4.18 Å². The third kappa shape index (κ3) is 6.17. The molecule has 1 atom stereocenters. The molecule has 1 aromatic carbocycles. The Kier molecular flexibility index (Phi) is 6.61. The van der Waals surface area contributed by atoms with E-state index in [1.54, 1.807) is 35.6 Å². The number of benzene rings is 1. The van der Waals surface area contributed by atoms with Crippen molar-refractivity contribution < 1.29 is 17.4 Å². The molecule has 0 saturated carbocycles. The van der Waals surface area contributed by atoms with Crippen LogP contribution in [0.2, 0.25) is 0 Å². The van der Waals surface area contributed by atoms with Gasteiger partial charge in [-0.2, -0.15) is 8.42 Å². The van der Waals surface area contributed by atoms with E-state index in [2.05, 4.69) is 6.92 Å². The predicted octanol–water partition coefficient (Wildman–Crippen LogP) is 3.46. The van der Waals surface area contributed by atoms with Crippen molar-refractivity contribution in [1.29, 1.82) is 0 Å². The second-order valence-electron chi connectivity index (χ2n) is 5.97. The molecule has 25 heavy (non-hydrogen) atoms. The third-order valence-electron chi connectivity index (χ3n) is 3.87. The molecule has 2 rings (SSSR count). The molecule has 0 fully saturated rings. The standard InChI is InChI=1S/C18H23NO4S2/c1-4-14(2)19(18(20)12-17-6-5-11-24-17)13-15-7-9-16(10-8-15)23-25(3,21)22/h5-11,14H,4,12-13H2,1-3H3. The second kappa shape index (κ2) is 8.49. The maximum Gasteiger partial charge on any atom is 0.306 e. The summed E-state index contributed by atoms with van der Waals surface area (Å²) < 4.78 is 27.2. The summed E-state index contributed by atoms with van der Waals surface area (Å²) in [6.07, 6.45) is 2.28. The van der Waals surface area contributed by atoms with Gasteiger partial charge in [0.25, 0.3) is 0 Å². The van der Waals surface area contributed by atoms with E-state index in [9.17, 15) is 13.2 Å². The molecule has 2 aromatic rings. The maximum atomic E-state index is 12.7. The molecule has 0 aliphatic rings. The molecule has 5 nitrogen and oxygen atoms in total. The van der Waals surface area contributed by atoms with Crippen LogP contribution >= 0.6 is 11.3 Å².